The Morgan fingerprint density at radius 3 is 2.67 bits per heavy atom. The van der Waals surface area contributed by atoms with Crippen molar-refractivity contribution >= 4 is 22.9 Å². The highest BCUT2D eigenvalue weighted by Crippen LogP contribution is 2.44. The smallest absolute Gasteiger partial charge is 0.303 e. The number of aromatic nitrogens is 2. The highest BCUT2D eigenvalue weighted by Gasteiger charge is 2.38. The number of carboxylic acids is 1. The summed E-state index contributed by atoms with van der Waals surface area (Å²) in [4.78, 5) is 32.5. The van der Waals surface area contributed by atoms with Crippen LogP contribution in [0.3, 0.4) is 0 Å². The number of ether oxygens (including phenoxy) is 1. The number of aromatic amines is 1. The van der Waals surface area contributed by atoms with Crippen LogP contribution in [0.5, 0.6) is 5.75 Å². The largest absolute Gasteiger partial charge is 0.497 e. The minimum atomic E-state index is -0.801. The summed E-state index contributed by atoms with van der Waals surface area (Å²) in [6, 6.07) is 5.90. The number of fused-ring (bicyclic) bond motifs is 1. The summed E-state index contributed by atoms with van der Waals surface area (Å²) >= 11 is 0. The summed E-state index contributed by atoms with van der Waals surface area (Å²) in [5, 5.41) is 12.5. The van der Waals surface area contributed by atoms with Gasteiger partial charge in [-0.15, -0.1) is 0 Å². The third-order valence-corrected chi connectivity index (χ3v) is 8.52. The minimum absolute atomic E-state index is 0.00784. The Balaban J connectivity index is 1.40. The van der Waals surface area contributed by atoms with Gasteiger partial charge in [-0.1, -0.05) is 38.3 Å². The van der Waals surface area contributed by atoms with Crippen LogP contribution in [0.4, 0.5) is 0 Å². The van der Waals surface area contributed by atoms with E-state index in [9.17, 15) is 14.7 Å². The van der Waals surface area contributed by atoms with Crippen LogP contribution in [-0.2, 0) is 16.0 Å². The predicted octanol–water partition coefficient (Wildman–Crippen LogP) is 5.51. The van der Waals surface area contributed by atoms with Crippen LogP contribution in [0.15, 0.2) is 29.8 Å². The average molecular weight is 496 g/mol. The van der Waals surface area contributed by atoms with Crippen LogP contribution in [-0.4, -0.2) is 40.6 Å². The molecular weight excluding hydrogens is 454 g/mol. The molecule has 0 spiro atoms. The van der Waals surface area contributed by atoms with Gasteiger partial charge in [-0.2, -0.15) is 0 Å². The van der Waals surface area contributed by atoms with E-state index in [1.54, 1.807) is 7.11 Å². The van der Waals surface area contributed by atoms with Crippen molar-refractivity contribution in [3.63, 3.8) is 0 Å². The summed E-state index contributed by atoms with van der Waals surface area (Å²) in [7, 11) is 1.67. The molecule has 196 valence electrons. The normalized spacial score (nSPS) is 23.6. The van der Waals surface area contributed by atoms with Crippen molar-refractivity contribution in [3.8, 4) is 5.75 Å². The molecule has 3 N–H and O–H groups in total. The van der Waals surface area contributed by atoms with Crippen molar-refractivity contribution < 1.29 is 19.4 Å². The van der Waals surface area contributed by atoms with Crippen LogP contribution in [0.2, 0.25) is 0 Å². The highest BCUT2D eigenvalue weighted by atomic mass is 16.5. The third kappa shape index (κ3) is 6.11. The summed E-state index contributed by atoms with van der Waals surface area (Å²) in [6.45, 7) is 7.33. The van der Waals surface area contributed by atoms with E-state index < -0.39 is 5.97 Å². The van der Waals surface area contributed by atoms with Gasteiger partial charge in [0.05, 0.1) is 24.6 Å². The van der Waals surface area contributed by atoms with Crippen LogP contribution in [0.25, 0.3) is 11.0 Å². The topological polar surface area (TPSA) is 104 Å². The predicted molar refractivity (Wildman–Crippen MR) is 141 cm³/mol. The molecule has 4 rings (SSSR count). The molecule has 2 aromatic rings. The molecule has 1 aromatic heterocycles. The lowest BCUT2D eigenvalue weighted by Crippen LogP contribution is -2.39. The maximum absolute atomic E-state index is 12.9. The van der Waals surface area contributed by atoms with Gasteiger partial charge < -0.3 is 20.1 Å². The Bertz CT molecular complexity index is 1110. The number of carbonyl (C=O) groups excluding carboxylic acids is 1. The van der Waals surface area contributed by atoms with Crippen LogP contribution in [0.1, 0.15) is 71.5 Å². The third-order valence-electron chi connectivity index (χ3n) is 8.52. The number of carbonyl (C=O) groups is 2. The lowest BCUT2D eigenvalue weighted by molar-refractivity contribution is -0.140. The van der Waals surface area contributed by atoms with Crippen molar-refractivity contribution in [2.24, 2.45) is 29.1 Å². The van der Waals surface area contributed by atoms with Crippen molar-refractivity contribution in [2.75, 3.05) is 13.7 Å². The average Bonchev–Trinajstić information content (AvgIpc) is 3.44. The maximum atomic E-state index is 12.9. The first-order valence-corrected chi connectivity index (χ1v) is 13.4. The van der Waals surface area contributed by atoms with Crippen LogP contribution < -0.4 is 10.1 Å². The molecule has 1 saturated carbocycles. The molecule has 7 nitrogen and oxygen atoms in total. The molecule has 1 amide bonds. The molecule has 2 aliphatic rings. The fraction of sp³-hybridized carbons (Fsp3) is 0.621. The first-order valence-electron chi connectivity index (χ1n) is 13.4. The number of allylic oxidation sites excluding steroid dienone is 1. The van der Waals surface area contributed by atoms with E-state index in [0.717, 1.165) is 61.1 Å². The molecular formula is C29H41N3O4. The Kier molecular flexibility index (Phi) is 8.06. The lowest BCUT2D eigenvalue weighted by Gasteiger charge is -2.37. The first kappa shape index (κ1) is 26.2. The maximum Gasteiger partial charge on any atom is 0.303 e. The zero-order valence-corrected chi connectivity index (χ0v) is 22.1. The van der Waals surface area contributed by atoms with Crippen molar-refractivity contribution in [1.82, 2.24) is 15.3 Å². The molecule has 7 heteroatoms. The molecule has 2 aliphatic carbocycles. The summed E-state index contributed by atoms with van der Waals surface area (Å²) < 4.78 is 5.34. The van der Waals surface area contributed by atoms with E-state index in [2.05, 4.69) is 37.1 Å². The Morgan fingerprint density at radius 2 is 2.00 bits per heavy atom. The fourth-order valence-electron chi connectivity index (χ4n) is 6.50. The van der Waals surface area contributed by atoms with Crippen molar-refractivity contribution in [1.29, 1.82) is 0 Å². The van der Waals surface area contributed by atoms with Gasteiger partial charge in [0.2, 0.25) is 5.91 Å². The van der Waals surface area contributed by atoms with Crippen molar-refractivity contribution in [3.05, 3.63) is 35.7 Å². The van der Waals surface area contributed by atoms with Crippen LogP contribution in [0, 0.1) is 29.1 Å². The molecule has 1 aromatic carbocycles. The number of nitrogens with one attached hydrogen (secondary N) is 2. The van der Waals surface area contributed by atoms with Gasteiger partial charge in [-0.3, -0.25) is 9.59 Å². The van der Waals surface area contributed by atoms with E-state index in [4.69, 9.17) is 9.72 Å². The number of imidazole rings is 1. The van der Waals surface area contributed by atoms with E-state index in [-0.39, 0.29) is 23.7 Å². The molecule has 1 heterocycles. The van der Waals surface area contributed by atoms with Gasteiger partial charge in [-0.25, -0.2) is 4.98 Å². The number of methoxy groups -OCH3 is 1. The second-order valence-corrected chi connectivity index (χ2v) is 11.4. The number of hydrogen-bond donors (Lipinski definition) is 3. The van der Waals surface area contributed by atoms with Gasteiger partial charge >= 0.3 is 5.97 Å². The molecule has 36 heavy (non-hydrogen) atoms. The Labute approximate surface area is 214 Å². The number of nitrogens with zero attached hydrogens (tertiary/aromatic N) is 1. The van der Waals surface area contributed by atoms with E-state index in [1.165, 1.54) is 5.57 Å². The summed E-state index contributed by atoms with van der Waals surface area (Å²) in [6.07, 6.45) is 8.38. The number of hydrogen-bond acceptors (Lipinski definition) is 4. The van der Waals surface area contributed by atoms with E-state index in [1.807, 2.05) is 18.2 Å². The molecule has 0 unspecified atom stereocenters. The SMILES string of the molecule is COc1ccc2nc(C[C@@H]3C[C@@H](C(C)C)[C@H](CNC(=O)CC4(CC(=O)O)CCCC4)C=C3C)[nH]c2c1. The second-order valence-electron chi connectivity index (χ2n) is 11.4. The number of rotatable bonds is 10. The monoisotopic (exact) mass is 495 g/mol. The number of aliphatic carboxylic acids is 1. The summed E-state index contributed by atoms with van der Waals surface area (Å²) in [5.74, 6) is 2.64. The van der Waals surface area contributed by atoms with E-state index in [0.29, 0.717) is 30.7 Å². The minimum Gasteiger partial charge on any atom is -0.497 e. The molecule has 0 saturated heterocycles. The summed E-state index contributed by atoms with van der Waals surface area (Å²) in [5.41, 5.74) is 2.92. The molecule has 1 fully saturated rings. The molecule has 0 bridgehead atoms. The standard InChI is InChI=1S/C29H41N3O4/c1-18(2)23-12-20(13-26-31-24-8-7-22(36-4)14-25(24)32-26)19(3)11-21(23)17-30-27(33)15-29(16-28(34)35)9-5-6-10-29/h7-8,11,14,18,20-21,23H,5-6,9-10,12-13,15-17H2,1-4H3,(H,30,33)(H,31,32)(H,34,35)/t20-,21-,23-/m0/s1. The fourth-order valence-corrected chi connectivity index (χ4v) is 6.50. The molecule has 0 aliphatic heterocycles. The van der Waals surface area contributed by atoms with Gasteiger partial charge in [0.25, 0.3) is 0 Å². The van der Waals surface area contributed by atoms with E-state index >= 15 is 0 Å². The van der Waals surface area contributed by atoms with Gasteiger partial charge in [0.15, 0.2) is 0 Å². The quantitative estimate of drug-likeness (QED) is 0.377. The number of H-pyrrole nitrogens is 1. The first-order chi connectivity index (χ1) is 17.2. The number of carboxylic acid groups (broad SMARTS) is 1. The molecule has 0 radical (unpaired) electrons. The van der Waals surface area contributed by atoms with Gasteiger partial charge in [0.1, 0.15) is 11.6 Å². The lowest BCUT2D eigenvalue weighted by atomic mass is 9.69. The number of benzene rings is 1. The Hall–Kier alpha value is -2.83. The van der Waals surface area contributed by atoms with Crippen molar-refractivity contribution in [2.45, 2.75) is 72.1 Å². The van der Waals surface area contributed by atoms with Gasteiger partial charge in [-0.05, 0) is 67.4 Å². The Morgan fingerprint density at radius 1 is 1.25 bits per heavy atom. The number of amides is 1. The zero-order valence-electron chi connectivity index (χ0n) is 22.1. The zero-order chi connectivity index (χ0) is 25.9. The molecule has 3 atom stereocenters. The van der Waals surface area contributed by atoms with Gasteiger partial charge in [0, 0.05) is 25.5 Å². The highest BCUT2D eigenvalue weighted by molar-refractivity contribution is 5.78. The van der Waals surface area contributed by atoms with Crippen LogP contribution >= 0.6 is 0 Å². The second kappa shape index (κ2) is 11.1.